The van der Waals surface area contributed by atoms with Gasteiger partial charge in [-0.05, 0) is 50.1 Å². The first kappa shape index (κ1) is 40.2. The van der Waals surface area contributed by atoms with Crippen molar-refractivity contribution in [1.82, 2.24) is 16.0 Å². The highest BCUT2D eigenvalue weighted by Gasteiger charge is 2.39. The van der Waals surface area contributed by atoms with Crippen LogP contribution in [-0.4, -0.2) is 84.6 Å². The molecule has 12 nitrogen and oxygen atoms in total. The van der Waals surface area contributed by atoms with Gasteiger partial charge in [0, 0.05) is 25.3 Å². The Morgan fingerprint density at radius 2 is 1.78 bits per heavy atom. The van der Waals surface area contributed by atoms with Gasteiger partial charge in [-0.25, -0.2) is 4.79 Å². The third kappa shape index (κ3) is 11.1. The van der Waals surface area contributed by atoms with Gasteiger partial charge in [-0.15, -0.1) is 6.58 Å². The van der Waals surface area contributed by atoms with E-state index in [0.29, 0.717) is 21.9 Å². The largest absolute Gasteiger partial charge is 0.495 e. The molecule has 0 saturated carbocycles. The smallest absolute Gasteiger partial charge is 0.331 e. The molecule has 3 amide bonds. The van der Waals surface area contributed by atoms with Gasteiger partial charge in [0.1, 0.15) is 24.0 Å². The molecular weight excluding hydrogens is 666 g/mol. The van der Waals surface area contributed by atoms with Crippen LogP contribution in [-0.2, 0) is 35.1 Å². The second kappa shape index (κ2) is 18.7. The van der Waals surface area contributed by atoms with E-state index < -0.39 is 71.5 Å². The number of aliphatic hydroxyl groups is 2. The van der Waals surface area contributed by atoms with Gasteiger partial charge in [0.25, 0.3) is 0 Å². The molecule has 1 aliphatic rings. The molecule has 0 spiro atoms. The maximum absolute atomic E-state index is 13.8. The monoisotopic (exact) mass is 713 g/mol. The summed E-state index contributed by atoms with van der Waals surface area (Å²) in [5, 5.41) is 30.7. The van der Waals surface area contributed by atoms with Crippen LogP contribution in [0, 0.1) is 11.3 Å². The van der Waals surface area contributed by atoms with Crippen molar-refractivity contribution in [2.75, 3.05) is 20.3 Å². The summed E-state index contributed by atoms with van der Waals surface area (Å²) in [5.74, 6) is -2.98. The first-order valence-corrected chi connectivity index (χ1v) is 16.8. The maximum atomic E-state index is 13.8. The third-order valence-electron chi connectivity index (χ3n) is 8.59. The summed E-state index contributed by atoms with van der Waals surface area (Å²) in [4.78, 5) is 54.1. The summed E-state index contributed by atoms with van der Waals surface area (Å²) in [6.07, 6.45) is -0.454. The van der Waals surface area contributed by atoms with E-state index >= 15 is 0 Å². The van der Waals surface area contributed by atoms with Gasteiger partial charge in [-0.3, -0.25) is 14.4 Å². The van der Waals surface area contributed by atoms with E-state index in [4.69, 9.17) is 25.8 Å². The van der Waals surface area contributed by atoms with Crippen LogP contribution >= 0.6 is 11.6 Å². The lowest BCUT2D eigenvalue weighted by atomic mass is 9.89. The second-order valence-electron chi connectivity index (χ2n) is 12.9. The molecule has 272 valence electrons. The average Bonchev–Trinajstić information content (AvgIpc) is 3.09. The molecule has 0 aliphatic carbocycles. The molecule has 0 saturated heterocycles. The number of amides is 3. The van der Waals surface area contributed by atoms with Crippen LogP contribution < -0.4 is 20.7 Å². The summed E-state index contributed by atoms with van der Waals surface area (Å²) in [6.45, 7) is 9.96. The topological polar surface area (TPSA) is 173 Å². The quantitative estimate of drug-likeness (QED) is 0.173. The number of methoxy groups -OCH3 is 1. The molecule has 0 bridgehead atoms. The zero-order valence-corrected chi connectivity index (χ0v) is 29.8. The van der Waals surface area contributed by atoms with E-state index in [1.165, 1.54) is 25.3 Å². The predicted molar refractivity (Wildman–Crippen MR) is 188 cm³/mol. The van der Waals surface area contributed by atoms with Crippen LogP contribution in [0.1, 0.15) is 51.3 Å². The Bertz CT molecular complexity index is 1520. The number of benzene rings is 2. The highest BCUT2D eigenvalue weighted by molar-refractivity contribution is 6.32. The Balaban J connectivity index is 1.99. The minimum absolute atomic E-state index is 0.0576. The minimum atomic E-state index is -1.38. The SMILES string of the molecule is C=CCO[C@H](C)[C@@H]1NC(=O)C(C)(C)CNC(=O)[C@@H](Cc2ccc(OC)c(Cl)c2)NC(=O)/C=C/C[C@@H]([C@H](C)[C@@H](O)[C@H](O)c2ccccc2)OC1=O. The van der Waals surface area contributed by atoms with Crippen molar-refractivity contribution in [1.29, 1.82) is 0 Å². The molecule has 2 aromatic rings. The fourth-order valence-corrected chi connectivity index (χ4v) is 5.57. The molecule has 0 radical (unpaired) electrons. The second-order valence-corrected chi connectivity index (χ2v) is 13.3. The standard InChI is InChI=1S/C37H48ClN3O9/c1-7-18-49-23(3)31-35(46)50-28(22(2)32(43)33(44)25-12-9-8-10-13-25)14-11-15-30(42)40-27(20-24-16-17-29(48-6)26(38)19-24)34(45)39-21-37(4,5)36(47)41-31/h7-13,15-17,19,22-23,27-28,31-33,43-44H,1,14,18,20-21H2,2-6H3,(H,39,45)(H,40,42)(H,41,47)/b15-11+/t22-,23+,27+,28-,31-,32+,33+/m0/s1. The number of aliphatic hydroxyl groups excluding tert-OH is 2. The minimum Gasteiger partial charge on any atom is -0.495 e. The highest BCUT2D eigenvalue weighted by atomic mass is 35.5. The fraction of sp³-hybridized carbons (Fsp3) is 0.459. The first-order chi connectivity index (χ1) is 23.7. The number of halogens is 1. The predicted octanol–water partition coefficient (Wildman–Crippen LogP) is 3.20. The van der Waals surface area contributed by atoms with Crippen LogP contribution in [0.5, 0.6) is 5.75 Å². The molecule has 0 aromatic heterocycles. The molecular formula is C37H48ClN3O9. The first-order valence-electron chi connectivity index (χ1n) is 16.4. The number of esters is 1. The normalized spacial score (nSPS) is 23.6. The number of ether oxygens (including phenoxy) is 3. The molecule has 7 atom stereocenters. The van der Waals surface area contributed by atoms with Crippen LogP contribution in [0.2, 0.25) is 5.02 Å². The lowest BCUT2D eigenvalue weighted by Gasteiger charge is -2.33. The summed E-state index contributed by atoms with van der Waals surface area (Å²) in [6, 6.07) is 11.2. The van der Waals surface area contributed by atoms with Gasteiger partial charge in [0.2, 0.25) is 17.7 Å². The number of carbonyl (C=O) groups is 4. The van der Waals surface area contributed by atoms with Crippen LogP contribution in [0.25, 0.3) is 0 Å². The van der Waals surface area contributed by atoms with E-state index in [0.717, 1.165) is 0 Å². The molecule has 2 aromatic carbocycles. The van der Waals surface area contributed by atoms with E-state index in [1.807, 2.05) is 0 Å². The van der Waals surface area contributed by atoms with Crippen molar-refractivity contribution in [2.24, 2.45) is 11.3 Å². The molecule has 1 heterocycles. The zero-order valence-electron chi connectivity index (χ0n) is 29.1. The molecule has 0 fully saturated rings. The van der Waals surface area contributed by atoms with Crippen molar-refractivity contribution in [2.45, 2.75) is 77.0 Å². The Hall–Kier alpha value is -4.23. The van der Waals surface area contributed by atoms with E-state index in [1.54, 1.807) is 76.2 Å². The van der Waals surface area contributed by atoms with Gasteiger partial charge in [0.15, 0.2) is 6.04 Å². The van der Waals surface area contributed by atoms with Crippen LogP contribution in [0.4, 0.5) is 0 Å². The maximum Gasteiger partial charge on any atom is 0.331 e. The lowest BCUT2D eigenvalue weighted by Crippen LogP contribution is -2.56. The molecule has 13 heteroatoms. The number of hydrogen-bond acceptors (Lipinski definition) is 9. The summed E-state index contributed by atoms with van der Waals surface area (Å²) in [7, 11) is 1.48. The van der Waals surface area contributed by atoms with Gasteiger partial charge in [-0.1, -0.05) is 67.1 Å². The van der Waals surface area contributed by atoms with Gasteiger partial charge in [0.05, 0.1) is 36.4 Å². The van der Waals surface area contributed by atoms with Crippen molar-refractivity contribution >= 4 is 35.3 Å². The molecule has 0 unspecified atom stereocenters. The molecule has 5 N–H and O–H groups in total. The number of rotatable bonds is 11. The Morgan fingerprint density at radius 3 is 2.42 bits per heavy atom. The summed E-state index contributed by atoms with van der Waals surface area (Å²) >= 11 is 6.31. The number of hydrogen-bond donors (Lipinski definition) is 5. The summed E-state index contributed by atoms with van der Waals surface area (Å²) < 4.78 is 16.9. The Morgan fingerprint density at radius 1 is 1.08 bits per heavy atom. The van der Waals surface area contributed by atoms with E-state index in [9.17, 15) is 29.4 Å². The lowest BCUT2D eigenvalue weighted by molar-refractivity contribution is -0.164. The van der Waals surface area contributed by atoms with E-state index in [2.05, 4.69) is 22.5 Å². The van der Waals surface area contributed by atoms with Gasteiger partial charge in [-0.2, -0.15) is 0 Å². The number of carbonyl (C=O) groups excluding carboxylic acids is 4. The van der Waals surface area contributed by atoms with Gasteiger partial charge >= 0.3 is 5.97 Å². The van der Waals surface area contributed by atoms with Crippen molar-refractivity contribution in [3.8, 4) is 5.75 Å². The zero-order chi connectivity index (χ0) is 37.0. The fourth-order valence-electron chi connectivity index (χ4n) is 5.29. The number of cyclic esters (lactones) is 1. The highest BCUT2D eigenvalue weighted by Crippen LogP contribution is 2.28. The van der Waals surface area contributed by atoms with E-state index in [-0.39, 0.29) is 26.0 Å². The van der Waals surface area contributed by atoms with Crippen molar-refractivity contribution in [3.63, 3.8) is 0 Å². The van der Waals surface area contributed by atoms with Crippen molar-refractivity contribution < 1.29 is 43.6 Å². The summed E-state index contributed by atoms with van der Waals surface area (Å²) in [5.41, 5.74) is -0.124. The third-order valence-corrected chi connectivity index (χ3v) is 8.89. The van der Waals surface area contributed by atoms with Crippen LogP contribution in [0.15, 0.2) is 73.3 Å². The van der Waals surface area contributed by atoms with Crippen molar-refractivity contribution in [3.05, 3.63) is 89.5 Å². The Labute approximate surface area is 298 Å². The van der Waals surface area contributed by atoms with Gasteiger partial charge < -0.3 is 40.4 Å². The average molecular weight is 714 g/mol. The molecule has 50 heavy (non-hydrogen) atoms. The Kier molecular flexibility index (Phi) is 15.0. The molecule has 1 aliphatic heterocycles. The molecule has 3 rings (SSSR count). The van der Waals surface area contributed by atoms with Crippen LogP contribution in [0.3, 0.4) is 0 Å². The number of nitrogens with one attached hydrogen (secondary N) is 3.